The predicted molar refractivity (Wildman–Crippen MR) is 71.5 cm³/mol. The molecule has 1 rings (SSSR count). The third-order valence-corrected chi connectivity index (χ3v) is 3.96. The van der Waals surface area contributed by atoms with Gasteiger partial charge in [0.25, 0.3) is 0 Å². The summed E-state index contributed by atoms with van der Waals surface area (Å²) in [5.74, 6) is 1.80. The molecule has 3 atom stereocenters. The zero-order valence-corrected chi connectivity index (χ0v) is 11.9. The maximum atomic E-state index is 11.9. The van der Waals surface area contributed by atoms with Crippen molar-refractivity contribution in [3.8, 4) is 0 Å². The lowest BCUT2D eigenvalue weighted by Crippen LogP contribution is -2.43. The minimum Gasteiger partial charge on any atom is -0.337 e. The molecule has 100 valence electrons. The molecule has 1 aliphatic rings. The monoisotopic (exact) mass is 260 g/mol. The molecule has 1 heterocycles. The average molecular weight is 260 g/mol. The molecule has 17 heavy (non-hydrogen) atoms. The summed E-state index contributed by atoms with van der Waals surface area (Å²) in [4.78, 5) is 13.8. The number of rotatable bonds is 3. The highest BCUT2D eigenvalue weighted by Crippen LogP contribution is 2.21. The number of hydrogen-bond donors (Lipinski definition) is 1. The Kier molecular flexibility index (Phi) is 5.95. The molecule has 0 aliphatic carbocycles. The Bertz CT molecular complexity index is 284. The Morgan fingerprint density at radius 2 is 2.12 bits per heavy atom. The second-order valence-corrected chi connectivity index (χ2v) is 6.74. The summed E-state index contributed by atoms with van der Waals surface area (Å²) in [6, 6.07) is -0.00333. The van der Waals surface area contributed by atoms with Gasteiger partial charge in [-0.2, -0.15) is 0 Å². The van der Waals surface area contributed by atoms with E-state index in [1.807, 2.05) is 4.90 Å². The van der Waals surface area contributed by atoms with Crippen molar-refractivity contribution in [1.29, 1.82) is 0 Å². The highest BCUT2D eigenvalue weighted by atomic mass is 32.2. The van der Waals surface area contributed by atoms with Crippen molar-refractivity contribution in [2.24, 2.45) is 11.8 Å². The summed E-state index contributed by atoms with van der Waals surface area (Å²) in [5, 5.41) is 2.84. The normalized spacial score (nSPS) is 27.4. The first-order chi connectivity index (χ1) is 7.99. The van der Waals surface area contributed by atoms with Crippen molar-refractivity contribution in [3.05, 3.63) is 0 Å². The molecule has 0 bridgehead atoms. The van der Waals surface area contributed by atoms with E-state index in [-0.39, 0.29) is 6.03 Å². The Morgan fingerprint density at radius 1 is 1.41 bits per heavy atom. The number of urea groups is 1. The summed E-state index contributed by atoms with van der Waals surface area (Å²) < 4.78 is 10.9. The van der Waals surface area contributed by atoms with Crippen molar-refractivity contribution >= 4 is 16.8 Å². The van der Waals surface area contributed by atoms with Crippen LogP contribution in [0.5, 0.6) is 0 Å². The molecule has 0 aromatic heterocycles. The van der Waals surface area contributed by atoms with Gasteiger partial charge in [0.1, 0.15) is 0 Å². The molecule has 0 saturated carbocycles. The largest absolute Gasteiger partial charge is 0.337 e. The number of carbonyl (C=O) groups excluding carboxylic acids is 1. The van der Waals surface area contributed by atoms with Crippen LogP contribution in [0.2, 0.25) is 0 Å². The molecular formula is C12H24N2O2S. The minimum atomic E-state index is -0.836. The van der Waals surface area contributed by atoms with Crippen LogP contribution in [0.1, 0.15) is 26.7 Å². The molecule has 0 aromatic rings. The van der Waals surface area contributed by atoms with E-state index in [0.717, 1.165) is 19.5 Å². The van der Waals surface area contributed by atoms with E-state index in [1.165, 1.54) is 6.42 Å². The van der Waals surface area contributed by atoms with Crippen LogP contribution < -0.4 is 5.32 Å². The first kappa shape index (κ1) is 14.5. The van der Waals surface area contributed by atoms with Crippen LogP contribution in [-0.4, -0.2) is 46.8 Å². The molecule has 1 aliphatic heterocycles. The van der Waals surface area contributed by atoms with Gasteiger partial charge in [-0.25, -0.2) is 4.79 Å². The van der Waals surface area contributed by atoms with Crippen LogP contribution in [0.4, 0.5) is 4.79 Å². The molecule has 5 heteroatoms. The maximum absolute atomic E-state index is 11.9. The first-order valence-corrected chi connectivity index (χ1v) is 8.04. The van der Waals surface area contributed by atoms with Crippen molar-refractivity contribution in [1.82, 2.24) is 10.2 Å². The van der Waals surface area contributed by atoms with E-state index >= 15 is 0 Å². The van der Waals surface area contributed by atoms with Gasteiger partial charge in [-0.1, -0.05) is 13.8 Å². The van der Waals surface area contributed by atoms with Crippen molar-refractivity contribution in [2.45, 2.75) is 26.7 Å². The van der Waals surface area contributed by atoms with E-state index in [1.54, 1.807) is 6.26 Å². The highest BCUT2D eigenvalue weighted by Gasteiger charge is 2.22. The van der Waals surface area contributed by atoms with Gasteiger partial charge >= 0.3 is 6.03 Å². The fourth-order valence-electron chi connectivity index (χ4n) is 2.32. The summed E-state index contributed by atoms with van der Waals surface area (Å²) in [7, 11) is -0.836. The molecule has 1 fully saturated rings. The molecule has 0 spiro atoms. The predicted octanol–water partition coefficient (Wildman–Crippen LogP) is 1.44. The van der Waals surface area contributed by atoms with E-state index in [4.69, 9.17) is 0 Å². The quantitative estimate of drug-likeness (QED) is 0.835. The van der Waals surface area contributed by atoms with Gasteiger partial charge in [-0.15, -0.1) is 0 Å². The SMILES string of the molecule is CC1CCN(C(=O)NCCS(C)=O)CC(C)C1. The summed E-state index contributed by atoms with van der Waals surface area (Å²) in [5.41, 5.74) is 0. The molecule has 3 unspecified atom stereocenters. The molecule has 0 aromatic carbocycles. The summed E-state index contributed by atoms with van der Waals surface area (Å²) in [6.45, 7) is 6.63. The van der Waals surface area contributed by atoms with Gasteiger partial charge in [0.15, 0.2) is 0 Å². The lowest BCUT2D eigenvalue weighted by atomic mass is 9.97. The van der Waals surface area contributed by atoms with Gasteiger partial charge in [-0.3, -0.25) is 4.21 Å². The van der Waals surface area contributed by atoms with E-state index in [9.17, 15) is 9.00 Å². The smallest absolute Gasteiger partial charge is 0.317 e. The fourth-order valence-corrected chi connectivity index (χ4v) is 2.71. The standard InChI is InChI=1S/C12H24N2O2S/c1-10-4-6-14(9-11(2)8-10)12(15)13-5-7-17(3)16/h10-11H,4-9H2,1-3H3,(H,13,15). The number of likely N-dealkylation sites (tertiary alicyclic amines) is 1. The van der Waals surface area contributed by atoms with Crippen molar-refractivity contribution < 1.29 is 9.00 Å². The second-order valence-electron chi connectivity index (χ2n) is 5.19. The fraction of sp³-hybridized carbons (Fsp3) is 0.917. The molecule has 1 N–H and O–H groups in total. The number of amides is 2. The number of nitrogens with zero attached hydrogens (tertiary/aromatic N) is 1. The zero-order valence-electron chi connectivity index (χ0n) is 11.1. The number of nitrogens with one attached hydrogen (secondary N) is 1. The average Bonchev–Trinajstić information content (AvgIpc) is 2.38. The topological polar surface area (TPSA) is 49.4 Å². The third kappa shape index (κ3) is 5.52. The van der Waals surface area contributed by atoms with Crippen LogP contribution >= 0.6 is 0 Å². The summed E-state index contributed by atoms with van der Waals surface area (Å²) in [6.07, 6.45) is 3.93. The lowest BCUT2D eigenvalue weighted by Gasteiger charge is -2.22. The Morgan fingerprint density at radius 3 is 2.76 bits per heavy atom. The highest BCUT2D eigenvalue weighted by molar-refractivity contribution is 7.84. The van der Waals surface area contributed by atoms with Crippen molar-refractivity contribution in [3.63, 3.8) is 0 Å². The van der Waals surface area contributed by atoms with Gasteiger partial charge in [0.2, 0.25) is 0 Å². The van der Waals surface area contributed by atoms with Crippen LogP contribution in [0.15, 0.2) is 0 Å². The van der Waals surface area contributed by atoms with Crippen LogP contribution in [0.25, 0.3) is 0 Å². The van der Waals surface area contributed by atoms with Crippen LogP contribution in [-0.2, 0) is 10.8 Å². The van der Waals surface area contributed by atoms with Gasteiger partial charge in [0, 0.05) is 42.4 Å². The van der Waals surface area contributed by atoms with Gasteiger partial charge in [0.05, 0.1) is 0 Å². The van der Waals surface area contributed by atoms with Gasteiger partial charge < -0.3 is 10.2 Å². The van der Waals surface area contributed by atoms with Crippen LogP contribution in [0, 0.1) is 11.8 Å². The molecule has 1 saturated heterocycles. The van der Waals surface area contributed by atoms with Gasteiger partial charge in [-0.05, 0) is 24.7 Å². The van der Waals surface area contributed by atoms with E-state index in [0.29, 0.717) is 24.1 Å². The summed E-state index contributed by atoms with van der Waals surface area (Å²) >= 11 is 0. The lowest BCUT2D eigenvalue weighted by molar-refractivity contribution is 0.194. The van der Waals surface area contributed by atoms with Crippen molar-refractivity contribution in [2.75, 3.05) is 31.6 Å². The molecule has 0 radical (unpaired) electrons. The molecule has 2 amide bonds. The second kappa shape index (κ2) is 6.99. The van der Waals surface area contributed by atoms with E-state index < -0.39 is 10.8 Å². The minimum absolute atomic E-state index is 0.00333. The Balaban J connectivity index is 2.37. The number of hydrogen-bond acceptors (Lipinski definition) is 2. The Labute approximate surface area is 107 Å². The van der Waals surface area contributed by atoms with E-state index in [2.05, 4.69) is 19.2 Å². The molecular weight excluding hydrogens is 236 g/mol. The third-order valence-electron chi connectivity index (χ3n) is 3.18. The Hall–Kier alpha value is -0.580. The molecule has 4 nitrogen and oxygen atoms in total. The maximum Gasteiger partial charge on any atom is 0.317 e. The number of carbonyl (C=O) groups is 1. The van der Waals surface area contributed by atoms with Crippen LogP contribution in [0.3, 0.4) is 0 Å². The first-order valence-electron chi connectivity index (χ1n) is 6.32. The zero-order chi connectivity index (χ0) is 12.8.